The number of hydrogen-bond donors (Lipinski definition) is 1. The highest BCUT2D eigenvalue weighted by Gasteiger charge is 2.41. The Labute approximate surface area is 127 Å². The van der Waals surface area contributed by atoms with Gasteiger partial charge in [-0.1, -0.05) is 29.8 Å². The van der Waals surface area contributed by atoms with Crippen LogP contribution in [0.3, 0.4) is 0 Å². The minimum atomic E-state index is -0.0743. The molecular weight excluding hydrogens is 272 g/mol. The van der Waals surface area contributed by atoms with Crippen molar-refractivity contribution in [2.75, 3.05) is 26.8 Å². The van der Waals surface area contributed by atoms with Gasteiger partial charge in [-0.25, -0.2) is 0 Å². The molecule has 0 aliphatic carbocycles. The van der Waals surface area contributed by atoms with Gasteiger partial charge in [-0.05, 0) is 38.9 Å². The highest BCUT2D eigenvalue weighted by atomic mass is 35.5. The van der Waals surface area contributed by atoms with E-state index in [0.717, 1.165) is 30.2 Å². The van der Waals surface area contributed by atoms with Crippen molar-refractivity contribution in [2.45, 2.75) is 31.8 Å². The minimum Gasteiger partial charge on any atom is -0.381 e. The van der Waals surface area contributed by atoms with Crippen LogP contribution < -0.4 is 5.73 Å². The molecule has 0 amide bonds. The molecule has 1 saturated heterocycles. The number of likely N-dealkylation sites (N-methyl/N-ethyl adjacent to an activating group) is 1. The van der Waals surface area contributed by atoms with Gasteiger partial charge < -0.3 is 10.5 Å². The Morgan fingerprint density at radius 2 is 2.20 bits per heavy atom. The molecule has 3 atom stereocenters. The zero-order valence-electron chi connectivity index (χ0n) is 12.6. The van der Waals surface area contributed by atoms with Crippen LogP contribution in [-0.4, -0.2) is 37.2 Å². The van der Waals surface area contributed by atoms with Crippen molar-refractivity contribution >= 4 is 11.6 Å². The molecule has 2 rings (SSSR count). The first-order valence-electron chi connectivity index (χ1n) is 7.26. The van der Waals surface area contributed by atoms with Gasteiger partial charge in [0.1, 0.15) is 0 Å². The zero-order chi connectivity index (χ0) is 14.8. The van der Waals surface area contributed by atoms with Crippen molar-refractivity contribution in [3.63, 3.8) is 0 Å². The van der Waals surface area contributed by atoms with E-state index in [0.29, 0.717) is 12.5 Å². The second-order valence-corrected chi connectivity index (χ2v) is 6.34. The lowest BCUT2D eigenvalue weighted by Crippen LogP contribution is -2.55. The molecule has 20 heavy (non-hydrogen) atoms. The largest absolute Gasteiger partial charge is 0.381 e. The van der Waals surface area contributed by atoms with Crippen LogP contribution in [0, 0.1) is 5.92 Å². The summed E-state index contributed by atoms with van der Waals surface area (Å²) < 4.78 is 5.56. The lowest BCUT2D eigenvalue weighted by molar-refractivity contribution is 0.0381. The Bertz CT molecular complexity index is 448. The van der Waals surface area contributed by atoms with Crippen molar-refractivity contribution in [3.05, 3.63) is 34.9 Å². The molecule has 1 heterocycles. The van der Waals surface area contributed by atoms with Crippen LogP contribution in [0.1, 0.15) is 31.9 Å². The third kappa shape index (κ3) is 2.86. The van der Waals surface area contributed by atoms with E-state index in [2.05, 4.69) is 31.9 Å². The minimum absolute atomic E-state index is 0.0743. The third-order valence-electron chi connectivity index (χ3n) is 4.96. The molecule has 1 fully saturated rings. The van der Waals surface area contributed by atoms with Gasteiger partial charge in [0.15, 0.2) is 0 Å². The van der Waals surface area contributed by atoms with Crippen molar-refractivity contribution in [3.8, 4) is 0 Å². The maximum Gasteiger partial charge on any atom is 0.0513 e. The maximum absolute atomic E-state index is 6.33. The Hall–Kier alpha value is -0.610. The Balaban J connectivity index is 2.23. The number of nitrogens with two attached hydrogens (primary N) is 1. The highest BCUT2D eigenvalue weighted by Crippen LogP contribution is 2.36. The van der Waals surface area contributed by atoms with Gasteiger partial charge in [0.25, 0.3) is 0 Å². The van der Waals surface area contributed by atoms with Gasteiger partial charge in [-0.15, -0.1) is 0 Å². The first kappa shape index (κ1) is 15.8. The fourth-order valence-corrected chi connectivity index (χ4v) is 3.38. The Kier molecular flexibility index (Phi) is 5.08. The Morgan fingerprint density at radius 1 is 1.50 bits per heavy atom. The fraction of sp³-hybridized carbons (Fsp3) is 0.625. The van der Waals surface area contributed by atoms with Crippen LogP contribution in [0.15, 0.2) is 24.3 Å². The van der Waals surface area contributed by atoms with Crippen molar-refractivity contribution in [1.29, 1.82) is 0 Å². The van der Waals surface area contributed by atoms with E-state index in [1.165, 1.54) is 0 Å². The van der Waals surface area contributed by atoms with Crippen molar-refractivity contribution in [2.24, 2.45) is 11.7 Å². The average Bonchev–Trinajstić information content (AvgIpc) is 3.00. The fourth-order valence-electron chi connectivity index (χ4n) is 3.09. The predicted octanol–water partition coefficient (Wildman–Crippen LogP) is 3.09. The van der Waals surface area contributed by atoms with Crippen molar-refractivity contribution < 1.29 is 4.74 Å². The lowest BCUT2D eigenvalue weighted by Gasteiger charge is -2.45. The molecular formula is C16H25ClN2O. The number of rotatable bonds is 5. The number of nitrogens with zero attached hydrogens (tertiary/aromatic N) is 1. The summed E-state index contributed by atoms with van der Waals surface area (Å²) in [6.07, 6.45) is 1.08. The van der Waals surface area contributed by atoms with Gasteiger partial charge in [0, 0.05) is 35.7 Å². The molecule has 1 aromatic rings. The van der Waals surface area contributed by atoms with Gasteiger partial charge in [-0.2, -0.15) is 0 Å². The smallest absolute Gasteiger partial charge is 0.0513 e. The standard InChI is InChI=1S/C16H25ClN2O/c1-12(14-6-4-5-7-15(14)17)19(3)16(2,11-18)13-8-9-20-10-13/h4-7,12-13H,8-11,18H2,1-3H3. The highest BCUT2D eigenvalue weighted by molar-refractivity contribution is 6.31. The van der Waals surface area contributed by atoms with E-state index in [4.69, 9.17) is 22.1 Å². The first-order chi connectivity index (χ1) is 9.50. The summed E-state index contributed by atoms with van der Waals surface area (Å²) in [7, 11) is 2.14. The summed E-state index contributed by atoms with van der Waals surface area (Å²) in [5, 5.41) is 0.814. The molecule has 0 spiro atoms. The summed E-state index contributed by atoms with van der Waals surface area (Å²) in [6.45, 7) is 6.68. The summed E-state index contributed by atoms with van der Waals surface area (Å²) in [5.74, 6) is 0.474. The summed E-state index contributed by atoms with van der Waals surface area (Å²) >= 11 is 6.33. The molecule has 1 aliphatic rings. The molecule has 1 aliphatic heterocycles. The van der Waals surface area contributed by atoms with E-state index in [9.17, 15) is 0 Å². The molecule has 112 valence electrons. The molecule has 0 aromatic heterocycles. The van der Waals surface area contributed by atoms with Crippen molar-refractivity contribution in [1.82, 2.24) is 4.90 Å². The Morgan fingerprint density at radius 3 is 2.75 bits per heavy atom. The molecule has 2 N–H and O–H groups in total. The van der Waals surface area contributed by atoms with Crippen LogP contribution >= 0.6 is 11.6 Å². The number of hydrogen-bond acceptors (Lipinski definition) is 3. The third-order valence-corrected chi connectivity index (χ3v) is 5.31. The van der Waals surface area contributed by atoms with E-state index < -0.39 is 0 Å². The normalized spacial score (nSPS) is 23.8. The first-order valence-corrected chi connectivity index (χ1v) is 7.63. The van der Waals surface area contributed by atoms with E-state index in [1.54, 1.807) is 0 Å². The zero-order valence-corrected chi connectivity index (χ0v) is 13.4. The summed E-state index contributed by atoms with van der Waals surface area (Å²) in [4.78, 5) is 2.35. The van der Waals surface area contributed by atoms with Crippen LogP contribution in [0.5, 0.6) is 0 Å². The molecule has 0 saturated carbocycles. The molecule has 0 bridgehead atoms. The number of benzene rings is 1. The van der Waals surface area contributed by atoms with Crippen LogP contribution in [0.25, 0.3) is 0 Å². The monoisotopic (exact) mass is 296 g/mol. The predicted molar refractivity (Wildman–Crippen MR) is 84.0 cm³/mol. The van der Waals surface area contributed by atoms with Gasteiger partial charge in [0.05, 0.1) is 6.61 Å². The maximum atomic E-state index is 6.33. The van der Waals surface area contributed by atoms with Crippen LogP contribution in [0.2, 0.25) is 5.02 Å². The quantitative estimate of drug-likeness (QED) is 0.907. The van der Waals surface area contributed by atoms with E-state index in [-0.39, 0.29) is 11.6 Å². The summed E-state index contributed by atoms with van der Waals surface area (Å²) in [5.41, 5.74) is 7.19. The van der Waals surface area contributed by atoms with Gasteiger partial charge in [-0.3, -0.25) is 4.90 Å². The molecule has 0 radical (unpaired) electrons. The van der Waals surface area contributed by atoms with E-state index in [1.807, 2.05) is 18.2 Å². The molecule has 3 unspecified atom stereocenters. The topological polar surface area (TPSA) is 38.5 Å². The van der Waals surface area contributed by atoms with Gasteiger partial charge in [0.2, 0.25) is 0 Å². The second-order valence-electron chi connectivity index (χ2n) is 5.93. The molecule has 1 aromatic carbocycles. The van der Waals surface area contributed by atoms with Gasteiger partial charge >= 0.3 is 0 Å². The van der Waals surface area contributed by atoms with Crippen LogP contribution in [-0.2, 0) is 4.74 Å². The molecule has 4 heteroatoms. The second kappa shape index (κ2) is 6.44. The SMILES string of the molecule is CC(c1ccccc1Cl)N(C)C(C)(CN)C1CCOC1. The number of ether oxygens (including phenoxy) is 1. The van der Waals surface area contributed by atoms with E-state index >= 15 is 0 Å². The number of halogens is 1. The lowest BCUT2D eigenvalue weighted by atomic mass is 9.82. The average molecular weight is 297 g/mol. The molecule has 3 nitrogen and oxygen atoms in total. The van der Waals surface area contributed by atoms with Crippen LogP contribution in [0.4, 0.5) is 0 Å². The summed E-state index contributed by atoms with van der Waals surface area (Å²) in [6, 6.07) is 8.25.